The summed E-state index contributed by atoms with van der Waals surface area (Å²) in [6.45, 7) is 1.70. The molecule has 1 atom stereocenters. The van der Waals surface area contributed by atoms with Crippen molar-refractivity contribution in [2.75, 3.05) is 12.0 Å². The lowest BCUT2D eigenvalue weighted by Gasteiger charge is -2.22. The minimum absolute atomic E-state index is 0.0764. The van der Waals surface area contributed by atoms with Crippen molar-refractivity contribution in [1.82, 2.24) is 5.16 Å². The van der Waals surface area contributed by atoms with Gasteiger partial charge >= 0.3 is 5.97 Å². The fourth-order valence-electron chi connectivity index (χ4n) is 3.88. The Bertz CT molecular complexity index is 1450. The van der Waals surface area contributed by atoms with Gasteiger partial charge in [0.05, 0.1) is 29.7 Å². The van der Waals surface area contributed by atoms with Crippen molar-refractivity contribution in [2.45, 2.75) is 13.0 Å². The maximum atomic E-state index is 13.5. The lowest BCUT2D eigenvalue weighted by atomic mass is 9.97. The van der Waals surface area contributed by atoms with Gasteiger partial charge in [0.2, 0.25) is 5.76 Å². The van der Waals surface area contributed by atoms with E-state index in [9.17, 15) is 14.4 Å². The van der Waals surface area contributed by atoms with E-state index < -0.39 is 17.9 Å². The number of aromatic nitrogens is 1. The van der Waals surface area contributed by atoms with Crippen LogP contribution in [0.5, 0.6) is 0 Å². The average Bonchev–Trinajstić information content (AvgIpc) is 3.35. The molecule has 0 saturated heterocycles. The summed E-state index contributed by atoms with van der Waals surface area (Å²) >= 11 is 6.09. The van der Waals surface area contributed by atoms with Crippen LogP contribution < -0.4 is 10.3 Å². The minimum Gasteiger partial charge on any atom is -0.465 e. The Labute approximate surface area is 185 Å². The molecular weight excluding hydrogens is 436 g/mol. The number of esters is 1. The highest BCUT2D eigenvalue weighted by molar-refractivity contribution is 6.31. The third-order valence-electron chi connectivity index (χ3n) is 5.34. The van der Waals surface area contributed by atoms with Gasteiger partial charge in [0.1, 0.15) is 11.3 Å². The second kappa shape index (κ2) is 7.35. The van der Waals surface area contributed by atoms with Crippen LogP contribution in [0.4, 0.5) is 5.82 Å². The summed E-state index contributed by atoms with van der Waals surface area (Å²) in [5.74, 6) is -0.359. The number of carbonyl (C=O) groups excluding carboxylic acids is 2. The smallest absolute Gasteiger partial charge is 0.337 e. The van der Waals surface area contributed by atoms with E-state index in [1.807, 2.05) is 0 Å². The van der Waals surface area contributed by atoms with Crippen molar-refractivity contribution in [3.05, 3.63) is 92.0 Å². The molecular formula is C23H15ClN2O6. The zero-order valence-corrected chi connectivity index (χ0v) is 17.7. The summed E-state index contributed by atoms with van der Waals surface area (Å²) in [6.07, 6.45) is 0. The van der Waals surface area contributed by atoms with Crippen LogP contribution in [-0.4, -0.2) is 24.1 Å². The number of ether oxygens (including phenoxy) is 1. The zero-order chi connectivity index (χ0) is 22.6. The van der Waals surface area contributed by atoms with Gasteiger partial charge in [0.25, 0.3) is 5.91 Å². The molecule has 1 aliphatic rings. The first-order chi connectivity index (χ1) is 15.4. The van der Waals surface area contributed by atoms with Gasteiger partial charge in [-0.3, -0.25) is 14.5 Å². The number of hydrogen-bond acceptors (Lipinski definition) is 7. The molecule has 0 bridgehead atoms. The van der Waals surface area contributed by atoms with Gasteiger partial charge in [-0.05, 0) is 42.8 Å². The number of benzene rings is 2. The predicted octanol–water partition coefficient (Wildman–Crippen LogP) is 4.28. The van der Waals surface area contributed by atoms with Gasteiger partial charge in [0.15, 0.2) is 11.2 Å². The molecule has 9 heteroatoms. The van der Waals surface area contributed by atoms with Crippen molar-refractivity contribution < 1.29 is 23.3 Å². The highest BCUT2D eigenvalue weighted by Crippen LogP contribution is 2.41. The number of fused-ring (bicyclic) bond motifs is 2. The summed E-state index contributed by atoms with van der Waals surface area (Å²) in [5.41, 5.74) is 0.962. The standard InChI is InChI=1S/C23H15ClN2O6/c1-11-9-17(25-32-11)26-19(12-3-5-13(6-4-12)23(29)30-2)18-20(27)15-10-14(24)7-8-16(15)31-21(18)22(26)28/h3-10,19H,1-2H3/t19-/m0/s1. The molecule has 2 aromatic heterocycles. The molecule has 160 valence electrons. The van der Waals surface area contributed by atoms with Crippen LogP contribution in [0, 0.1) is 6.92 Å². The Balaban J connectivity index is 1.76. The molecule has 0 spiro atoms. The van der Waals surface area contributed by atoms with Gasteiger partial charge in [-0.1, -0.05) is 28.9 Å². The fraction of sp³-hybridized carbons (Fsp3) is 0.130. The zero-order valence-electron chi connectivity index (χ0n) is 16.9. The molecule has 8 nitrogen and oxygen atoms in total. The minimum atomic E-state index is -0.840. The first-order valence-corrected chi connectivity index (χ1v) is 9.98. The molecule has 0 fully saturated rings. The number of carbonyl (C=O) groups is 2. The highest BCUT2D eigenvalue weighted by atomic mass is 35.5. The van der Waals surface area contributed by atoms with E-state index in [1.165, 1.54) is 18.1 Å². The number of rotatable bonds is 3. The second-order valence-corrected chi connectivity index (χ2v) is 7.74. The van der Waals surface area contributed by atoms with Gasteiger partial charge in [-0.15, -0.1) is 0 Å². The highest BCUT2D eigenvalue weighted by Gasteiger charge is 2.44. The molecule has 1 amide bonds. The second-order valence-electron chi connectivity index (χ2n) is 7.30. The van der Waals surface area contributed by atoms with Gasteiger partial charge in [0, 0.05) is 11.1 Å². The van der Waals surface area contributed by atoms with Gasteiger partial charge < -0.3 is 13.7 Å². The maximum Gasteiger partial charge on any atom is 0.337 e. The SMILES string of the molecule is COC(=O)c1ccc([C@H]2c3c(oc4ccc(Cl)cc4c3=O)C(=O)N2c2cc(C)on2)cc1. The van der Waals surface area contributed by atoms with E-state index in [-0.39, 0.29) is 33.5 Å². The van der Waals surface area contributed by atoms with E-state index in [4.69, 9.17) is 25.3 Å². The lowest BCUT2D eigenvalue weighted by Crippen LogP contribution is -2.29. The number of aryl methyl sites for hydroxylation is 1. The first-order valence-electron chi connectivity index (χ1n) is 9.60. The third kappa shape index (κ3) is 2.99. The summed E-state index contributed by atoms with van der Waals surface area (Å²) in [6, 6.07) is 11.8. The monoisotopic (exact) mass is 450 g/mol. The van der Waals surface area contributed by atoms with Crippen LogP contribution in [0.15, 0.2) is 62.3 Å². The number of hydrogen-bond donors (Lipinski definition) is 0. The topological polar surface area (TPSA) is 103 Å². The average molecular weight is 451 g/mol. The molecule has 0 radical (unpaired) electrons. The summed E-state index contributed by atoms with van der Waals surface area (Å²) in [4.78, 5) is 40.1. The van der Waals surface area contributed by atoms with Crippen LogP contribution in [0.3, 0.4) is 0 Å². The van der Waals surface area contributed by atoms with Crippen LogP contribution in [0.25, 0.3) is 11.0 Å². The van der Waals surface area contributed by atoms with Crippen molar-refractivity contribution in [3.63, 3.8) is 0 Å². The fourth-order valence-corrected chi connectivity index (χ4v) is 4.06. The Morgan fingerprint density at radius 1 is 1.12 bits per heavy atom. The Hall–Kier alpha value is -3.91. The Kier molecular flexibility index (Phi) is 4.60. The normalized spacial score (nSPS) is 15.3. The van der Waals surface area contributed by atoms with E-state index in [0.717, 1.165) is 0 Å². The van der Waals surface area contributed by atoms with Crippen LogP contribution in [-0.2, 0) is 4.74 Å². The Morgan fingerprint density at radius 3 is 2.53 bits per heavy atom. The third-order valence-corrected chi connectivity index (χ3v) is 5.58. The number of halogens is 1. The summed E-state index contributed by atoms with van der Waals surface area (Å²) in [5, 5.41) is 4.61. The summed E-state index contributed by atoms with van der Waals surface area (Å²) < 4.78 is 15.8. The quantitative estimate of drug-likeness (QED) is 0.429. The van der Waals surface area contributed by atoms with Crippen molar-refractivity contribution in [3.8, 4) is 0 Å². The molecule has 0 saturated carbocycles. The van der Waals surface area contributed by atoms with Crippen LogP contribution in [0.2, 0.25) is 5.02 Å². The van der Waals surface area contributed by atoms with Crippen molar-refractivity contribution in [1.29, 1.82) is 0 Å². The molecule has 32 heavy (non-hydrogen) atoms. The number of methoxy groups -OCH3 is 1. The van der Waals surface area contributed by atoms with E-state index in [1.54, 1.807) is 49.4 Å². The van der Waals surface area contributed by atoms with E-state index >= 15 is 0 Å². The number of amides is 1. The van der Waals surface area contributed by atoms with E-state index in [0.29, 0.717) is 21.9 Å². The maximum absolute atomic E-state index is 13.5. The molecule has 1 aliphatic heterocycles. The van der Waals surface area contributed by atoms with Crippen molar-refractivity contribution >= 4 is 40.3 Å². The molecule has 5 rings (SSSR count). The number of anilines is 1. The van der Waals surface area contributed by atoms with Crippen LogP contribution >= 0.6 is 11.6 Å². The van der Waals surface area contributed by atoms with E-state index in [2.05, 4.69) is 5.16 Å². The molecule has 0 aliphatic carbocycles. The molecule has 2 aromatic carbocycles. The first kappa shape index (κ1) is 20.0. The number of nitrogens with zero attached hydrogens (tertiary/aromatic N) is 2. The molecule has 0 unspecified atom stereocenters. The molecule has 4 aromatic rings. The molecule has 0 N–H and O–H groups in total. The van der Waals surface area contributed by atoms with Crippen LogP contribution in [0.1, 0.15) is 43.8 Å². The Morgan fingerprint density at radius 2 is 1.88 bits per heavy atom. The lowest BCUT2D eigenvalue weighted by molar-refractivity contribution is 0.0600. The van der Waals surface area contributed by atoms with Crippen molar-refractivity contribution in [2.24, 2.45) is 0 Å². The predicted molar refractivity (Wildman–Crippen MR) is 115 cm³/mol. The largest absolute Gasteiger partial charge is 0.465 e. The molecule has 3 heterocycles. The summed E-state index contributed by atoms with van der Waals surface area (Å²) in [7, 11) is 1.29. The van der Waals surface area contributed by atoms with Gasteiger partial charge in [-0.2, -0.15) is 0 Å². The van der Waals surface area contributed by atoms with Gasteiger partial charge in [-0.25, -0.2) is 4.79 Å².